The molecule has 7 rings (SSSR count). The minimum Gasteiger partial charge on any atom is -0.336 e. The van der Waals surface area contributed by atoms with Crippen molar-refractivity contribution in [2.75, 3.05) is 4.90 Å². The molecule has 0 aliphatic heterocycles. The van der Waals surface area contributed by atoms with Crippen molar-refractivity contribution in [3.05, 3.63) is 107 Å². The fraction of sp³-hybridized carbons (Fsp3) is 0.351. The summed E-state index contributed by atoms with van der Waals surface area (Å²) < 4.78 is 0. The lowest BCUT2D eigenvalue weighted by atomic mass is 9.81. The summed E-state index contributed by atoms with van der Waals surface area (Å²) in [4.78, 5) is 2.71. The zero-order chi connectivity index (χ0) is 26.2. The number of hydrogen-bond acceptors (Lipinski definition) is 1. The average molecular weight is 498 g/mol. The van der Waals surface area contributed by atoms with Crippen molar-refractivity contribution in [2.24, 2.45) is 0 Å². The van der Waals surface area contributed by atoms with Crippen LogP contribution < -0.4 is 4.90 Å². The molecule has 38 heavy (non-hydrogen) atoms. The Morgan fingerprint density at radius 3 is 1.92 bits per heavy atom. The lowest BCUT2D eigenvalue weighted by molar-refractivity contribution is 0.556. The Hall–Kier alpha value is -3.32. The molecule has 1 heteroatoms. The van der Waals surface area contributed by atoms with Gasteiger partial charge >= 0.3 is 0 Å². The molecule has 2 saturated carbocycles. The monoisotopic (exact) mass is 497 g/mol. The average Bonchev–Trinajstić information content (AvgIpc) is 3.82. The maximum absolute atomic E-state index is 2.71. The van der Waals surface area contributed by atoms with Gasteiger partial charge in [-0.25, -0.2) is 0 Å². The zero-order valence-electron chi connectivity index (χ0n) is 23.5. The van der Waals surface area contributed by atoms with E-state index in [2.05, 4.69) is 124 Å². The summed E-state index contributed by atoms with van der Waals surface area (Å²) in [5.74, 6) is 1.34. The van der Waals surface area contributed by atoms with Gasteiger partial charge in [-0.2, -0.15) is 0 Å². The number of benzene rings is 4. The van der Waals surface area contributed by atoms with Gasteiger partial charge in [0.25, 0.3) is 0 Å². The van der Waals surface area contributed by atoms with Crippen LogP contribution in [0, 0.1) is 0 Å². The van der Waals surface area contributed by atoms with Crippen LogP contribution in [0.5, 0.6) is 0 Å². The van der Waals surface area contributed by atoms with Gasteiger partial charge in [-0.3, -0.25) is 0 Å². The van der Waals surface area contributed by atoms with Crippen LogP contribution in [0.3, 0.4) is 0 Å². The molecule has 0 N–H and O–H groups in total. The summed E-state index contributed by atoms with van der Waals surface area (Å²) in [7, 11) is 0. The Bertz CT molecular complexity index is 1530. The number of hydrogen-bond donors (Lipinski definition) is 0. The van der Waals surface area contributed by atoms with Gasteiger partial charge in [0.1, 0.15) is 0 Å². The largest absolute Gasteiger partial charge is 0.336 e. The third-order valence-electron chi connectivity index (χ3n) is 9.06. The maximum atomic E-state index is 2.71. The van der Waals surface area contributed by atoms with Crippen molar-refractivity contribution in [2.45, 2.75) is 83.1 Å². The third-order valence-corrected chi connectivity index (χ3v) is 9.06. The van der Waals surface area contributed by atoms with E-state index in [1.54, 1.807) is 0 Å². The molecule has 0 saturated heterocycles. The van der Waals surface area contributed by atoms with Crippen molar-refractivity contribution in [1.29, 1.82) is 0 Å². The van der Waals surface area contributed by atoms with E-state index in [0.717, 1.165) is 0 Å². The third kappa shape index (κ3) is 3.82. The van der Waals surface area contributed by atoms with E-state index in [1.807, 2.05) is 0 Å². The molecule has 0 heterocycles. The van der Waals surface area contributed by atoms with Crippen LogP contribution in [0.1, 0.15) is 94.4 Å². The predicted octanol–water partition coefficient (Wildman–Crippen LogP) is 10.4. The molecular weight excluding hydrogens is 458 g/mol. The summed E-state index contributed by atoms with van der Waals surface area (Å²) in [5, 5.41) is 0. The highest BCUT2D eigenvalue weighted by molar-refractivity contribution is 5.86. The van der Waals surface area contributed by atoms with E-state index >= 15 is 0 Å². The topological polar surface area (TPSA) is 3.24 Å². The van der Waals surface area contributed by atoms with Crippen LogP contribution in [-0.4, -0.2) is 5.54 Å². The Labute approximate surface area is 228 Å². The molecule has 1 nitrogen and oxygen atoms in total. The molecule has 0 bridgehead atoms. The highest BCUT2D eigenvalue weighted by Crippen LogP contribution is 2.56. The van der Waals surface area contributed by atoms with Crippen molar-refractivity contribution >= 4 is 11.4 Å². The minimum atomic E-state index is -0.0631. The van der Waals surface area contributed by atoms with Gasteiger partial charge < -0.3 is 4.90 Å². The SMILES string of the molecule is CC1(C)c2ccccc2-c2cc(C3CC3)c(N(c3cc(-c4ccccc4)ccc3C3CC3)C(C)(C)C)cc21. The standard InChI is InChI=1S/C37H39N/c1-36(2,3)38(34-21-27(24-11-7-6-8-12-24)19-20-28(34)25-15-16-25)35-23-33-31(22-30(35)26-17-18-26)29-13-9-10-14-32(29)37(33,4)5/h6-14,19-23,25-26H,15-18H2,1-5H3. The zero-order valence-corrected chi connectivity index (χ0v) is 23.5. The van der Waals surface area contributed by atoms with Gasteiger partial charge in [0.15, 0.2) is 0 Å². The van der Waals surface area contributed by atoms with E-state index < -0.39 is 0 Å². The van der Waals surface area contributed by atoms with Gasteiger partial charge in [0.05, 0.1) is 0 Å². The molecule has 0 unspecified atom stereocenters. The summed E-state index contributed by atoms with van der Waals surface area (Å²) in [6, 6.07) is 32.4. The van der Waals surface area contributed by atoms with Gasteiger partial charge in [-0.1, -0.05) is 80.6 Å². The molecule has 4 aromatic carbocycles. The van der Waals surface area contributed by atoms with Crippen LogP contribution in [-0.2, 0) is 5.41 Å². The Morgan fingerprint density at radius 1 is 0.605 bits per heavy atom. The molecule has 0 aromatic heterocycles. The molecular formula is C37H39N. The molecule has 192 valence electrons. The number of fused-ring (bicyclic) bond motifs is 3. The first kappa shape index (κ1) is 23.8. The smallest absolute Gasteiger partial charge is 0.0457 e. The summed E-state index contributed by atoms with van der Waals surface area (Å²) in [5.41, 5.74) is 14.2. The fourth-order valence-corrected chi connectivity index (χ4v) is 6.81. The summed E-state index contributed by atoms with van der Waals surface area (Å²) in [6.07, 6.45) is 5.21. The van der Waals surface area contributed by atoms with Crippen LogP contribution in [0.15, 0.2) is 84.9 Å². The molecule has 2 fully saturated rings. The normalized spacial score (nSPS) is 17.7. The van der Waals surface area contributed by atoms with E-state index in [4.69, 9.17) is 0 Å². The molecule has 0 atom stereocenters. The second-order valence-corrected chi connectivity index (χ2v) is 13.3. The number of rotatable bonds is 5. The molecule has 3 aliphatic carbocycles. The van der Waals surface area contributed by atoms with E-state index in [-0.39, 0.29) is 11.0 Å². The number of anilines is 2. The second kappa shape index (κ2) is 8.34. The lowest BCUT2D eigenvalue weighted by Crippen LogP contribution is -2.39. The van der Waals surface area contributed by atoms with Crippen molar-refractivity contribution in [1.82, 2.24) is 0 Å². The van der Waals surface area contributed by atoms with E-state index in [9.17, 15) is 0 Å². The van der Waals surface area contributed by atoms with Gasteiger partial charge in [0.2, 0.25) is 0 Å². The molecule has 0 radical (unpaired) electrons. The Morgan fingerprint density at radius 2 is 1.24 bits per heavy atom. The highest BCUT2D eigenvalue weighted by atomic mass is 15.2. The Balaban J connectivity index is 1.47. The fourth-order valence-electron chi connectivity index (χ4n) is 6.81. The summed E-state index contributed by atoms with van der Waals surface area (Å²) >= 11 is 0. The van der Waals surface area contributed by atoms with Gasteiger partial charge in [-0.15, -0.1) is 0 Å². The first-order chi connectivity index (χ1) is 18.2. The van der Waals surface area contributed by atoms with Gasteiger partial charge in [0, 0.05) is 22.3 Å². The molecule has 0 spiro atoms. The quantitative estimate of drug-likeness (QED) is 0.265. The molecule has 4 aromatic rings. The summed E-state index contributed by atoms with van der Waals surface area (Å²) in [6.45, 7) is 12.0. The van der Waals surface area contributed by atoms with Crippen LogP contribution in [0.4, 0.5) is 11.4 Å². The van der Waals surface area contributed by atoms with Crippen LogP contribution >= 0.6 is 0 Å². The number of nitrogens with zero attached hydrogens (tertiary/aromatic N) is 1. The molecule has 3 aliphatic rings. The first-order valence-electron chi connectivity index (χ1n) is 14.5. The molecule has 0 amide bonds. The van der Waals surface area contributed by atoms with Crippen LogP contribution in [0.2, 0.25) is 0 Å². The van der Waals surface area contributed by atoms with Crippen molar-refractivity contribution < 1.29 is 0 Å². The predicted molar refractivity (Wildman–Crippen MR) is 162 cm³/mol. The Kier molecular flexibility index (Phi) is 5.22. The van der Waals surface area contributed by atoms with Crippen molar-refractivity contribution in [3.8, 4) is 22.3 Å². The maximum Gasteiger partial charge on any atom is 0.0457 e. The van der Waals surface area contributed by atoms with Gasteiger partial charge in [-0.05, 0) is 121 Å². The minimum absolute atomic E-state index is 0.00246. The first-order valence-corrected chi connectivity index (χ1v) is 14.5. The lowest BCUT2D eigenvalue weighted by Gasteiger charge is -2.41. The van der Waals surface area contributed by atoms with E-state index in [1.165, 1.54) is 81.6 Å². The highest BCUT2D eigenvalue weighted by Gasteiger charge is 2.41. The van der Waals surface area contributed by atoms with Crippen molar-refractivity contribution in [3.63, 3.8) is 0 Å². The van der Waals surface area contributed by atoms with E-state index in [0.29, 0.717) is 11.8 Å². The van der Waals surface area contributed by atoms with Crippen LogP contribution in [0.25, 0.3) is 22.3 Å². The second-order valence-electron chi connectivity index (χ2n) is 13.3.